The normalized spacial score (nSPS) is 15.6. The van der Waals surface area contributed by atoms with E-state index in [0.717, 1.165) is 53.1 Å². The highest BCUT2D eigenvalue weighted by Crippen LogP contribution is 2.26. The van der Waals surface area contributed by atoms with Crippen molar-refractivity contribution >= 4 is 33.0 Å². The Balaban J connectivity index is 1.58. The number of likely N-dealkylation sites (N-methyl/N-ethyl adjacent to an activating group) is 1. The lowest BCUT2D eigenvalue weighted by molar-refractivity contribution is 0.0664. The molecule has 0 unspecified atom stereocenters. The van der Waals surface area contributed by atoms with Crippen LogP contribution in [0.2, 0.25) is 0 Å². The largest absolute Gasteiger partial charge is 0.336 e. The lowest BCUT2D eigenvalue weighted by atomic mass is 10.1. The van der Waals surface area contributed by atoms with Gasteiger partial charge in [-0.1, -0.05) is 12.1 Å². The van der Waals surface area contributed by atoms with E-state index in [2.05, 4.69) is 42.8 Å². The molecular formula is C19H20BrN5O. The number of carbonyl (C=O) groups excluding carboxylic acids is 1. The summed E-state index contributed by atoms with van der Waals surface area (Å²) in [5.74, 6) is 0.850. The Morgan fingerprint density at radius 1 is 1.15 bits per heavy atom. The van der Waals surface area contributed by atoms with Crippen LogP contribution in [0.5, 0.6) is 0 Å². The molecule has 2 aromatic heterocycles. The summed E-state index contributed by atoms with van der Waals surface area (Å²) >= 11 is 3.49. The summed E-state index contributed by atoms with van der Waals surface area (Å²) in [6, 6.07) is 7.62. The molecule has 26 heavy (non-hydrogen) atoms. The second kappa shape index (κ2) is 6.81. The van der Waals surface area contributed by atoms with Gasteiger partial charge in [0.05, 0.1) is 5.52 Å². The van der Waals surface area contributed by atoms with Crippen molar-refractivity contribution in [1.82, 2.24) is 24.8 Å². The maximum atomic E-state index is 12.6. The smallest absolute Gasteiger partial charge is 0.253 e. The molecule has 1 amide bonds. The van der Waals surface area contributed by atoms with E-state index in [1.165, 1.54) is 0 Å². The van der Waals surface area contributed by atoms with Crippen molar-refractivity contribution in [3.63, 3.8) is 0 Å². The highest BCUT2D eigenvalue weighted by molar-refractivity contribution is 9.10. The van der Waals surface area contributed by atoms with Gasteiger partial charge in [0.1, 0.15) is 5.82 Å². The van der Waals surface area contributed by atoms with E-state index in [1.54, 1.807) is 6.20 Å². The number of halogens is 1. The zero-order valence-corrected chi connectivity index (χ0v) is 16.4. The molecule has 1 N–H and O–H groups in total. The van der Waals surface area contributed by atoms with Crippen molar-refractivity contribution in [3.8, 4) is 11.4 Å². The van der Waals surface area contributed by atoms with E-state index < -0.39 is 0 Å². The molecule has 6 nitrogen and oxygen atoms in total. The van der Waals surface area contributed by atoms with Crippen molar-refractivity contribution < 1.29 is 4.79 Å². The van der Waals surface area contributed by atoms with Gasteiger partial charge in [-0.2, -0.15) is 0 Å². The summed E-state index contributed by atoms with van der Waals surface area (Å²) in [5, 5.41) is 0. The predicted molar refractivity (Wildman–Crippen MR) is 105 cm³/mol. The van der Waals surface area contributed by atoms with E-state index in [9.17, 15) is 4.79 Å². The van der Waals surface area contributed by atoms with Crippen molar-refractivity contribution in [2.45, 2.75) is 6.92 Å². The van der Waals surface area contributed by atoms with Crippen LogP contribution in [-0.2, 0) is 0 Å². The molecule has 0 atom stereocenters. The fraction of sp³-hybridized carbons (Fsp3) is 0.316. The van der Waals surface area contributed by atoms with Crippen molar-refractivity contribution in [3.05, 3.63) is 46.1 Å². The van der Waals surface area contributed by atoms with Gasteiger partial charge in [-0.15, -0.1) is 0 Å². The first kappa shape index (κ1) is 17.2. The van der Waals surface area contributed by atoms with Gasteiger partial charge >= 0.3 is 0 Å². The maximum absolute atomic E-state index is 12.6. The Bertz CT molecular complexity index is 958. The highest BCUT2D eigenvalue weighted by atomic mass is 79.9. The molecule has 0 radical (unpaired) electrons. The van der Waals surface area contributed by atoms with Gasteiger partial charge in [0.25, 0.3) is 5.91 Å². The quantitative estimate of drug-likeness (QED) is 0.700. The molecule has 0 bridgehead atoms. The first-order chi connectivity index (χ1) is 12.5. The SMILES string of the molecule is Cc1c(Br)cnc2nc(-c3ccc(C(=O)N4CCN(C)CC4)cc3)[nH]c12. The van der Waals surface area contributed by atoms with Crippen molar-refractivity contribution in [2.24, 2.45) is 0 Å². The number of amides is 1. The molecule has 0 aliphatic carbocycles. The van der Waals surface area contributed by atoms with E-state index in [4.69, 9.17) is 0 Å². The fourth-order valence-corrected chi connectivity index (χ4v) is 3.45. The standard InChI is InChI=1S/C19H20BrN5O/c1-12-15(20)11-21-18-16(12)22-17(23-18)13-3-5-14(6-4-13)19(26)25-9-7-24(2)8-10-25/h3-6,11H,7-10H2,1-2H3,(H,21,22,23). The minimum atomic E-state index is 0.0932. The third kappa shape index (κ3) is 3.12. The zero-order valence-electron chi connectivity index (χ0n) is 14.8. The molecule has 134 valence electrons. The van der Waals surface area contributed by atoms with Gasteiger partial charge in [-0.05, 0) is 47.6 Å². The number of benzene rings is 1. The van der Waals surface area contributed by atoms with Crippen LogP contribution in [0.4, 0.5) is 0 Å². The number of imidazole rings is 1. The Labute approximate surface area is 160 Å². The van der Waals surface area contributed by atoms with Crippen LogP contribution >= 0.6 is 15.9 Å². The monoisotopic (exact) mass is 413 g/mol. The van der Waals surface area contributed by atoms with Gasteiger partial charge in [0.2, 0.25) is 0 Å². The summed E-state index contributed by atoms with van der Waals surface area (Å²) in [6.07, 6.45) is 1.76. The summed E-state index contributed by atoms with van der Waals surface area (Å²) in [7, 11) is 2.08. The summed E-state index contributed by atoms with van der Waals surface area (Å²) < 4.78 is 0.952. The third-order valence-electron chi connectivity index (χ3n) is 4.91. The van der Waals surface area contributed by atoms with E-state index in [-0.39, 0.29) is 5.91 Å². The fourth-order valence-electron chi connectivity index (χ4n) is 3.15. The Morgan fingerprint density at radius 2 is 1.85 bits per heavy atom. The lowest BCUT2D eigenvalue weighted by Crippen LogP contribution is -2.47. The Hall–Kier alpha value is -2.25. The molecule has 1 aliphatic heterocycles. The Morgan fingerprint density at radius 3 is 2.54 bits per heavy atom. The van der Waals surface area contributed by atoms with Crippen molar-refractivity contribution in [1.29, 1.82) is 0 Å². The number of rotatable bonds is 2. The molecule has 1 aliphatic rings. The van der Waals surface area contributed by atoms with Crippen LogP contribution in [0.25, 0.3) is 22.6 Å². The van der Waals surface area contributed by atoms with Crippen LogP contribution < -0.4 is 0 Å². The van der Waals surface area contributed by atoms with Gasteiger partial charge in [0, 0.05) is 48.0 Å². The molecule has 7 heteroatoms. The van der Waals surface area contributed by atoms with Crippen LogP contribution in [0.3, 0.4) is 0 Å². The zero-order chi connectivity index (χ0) is 18.3. The molecule has 1 aromatic carbocycles. The molecule has 0 saturated carbocycles. The first-order valence-corrected chi connectivity index (χ1v) is 9.41. The summed E-state index contributed by atoms with van der Waals surface area (Å²) in [4.78, 5) is 29.1. The van der Waals surface area contributed by atoms with E-state index >= 15 is 0 Å². The summed E-state index contributed by atoms with van der Waals surface area (Å²) in [5.41, 5.74) is 4.35. The molecule has 3 heterocycles. The number of nitrogens with one attached hydrogen (secondary N) is 1. The number of hydrogen-bond acceptors (Lipinski definition) is 4. The molecule has 4 rings (SSSR count). The molecule has 1 saturated heterocycles. The number of H-pyrrole nitrogens is 1. The maximum Gasteiger partial charge on any atom is 0.253 e. The number of nitrogens with zero attached hydrogens (tertiary/aromatic N) is 4. The lowest BCUT2D eigenvalue weighted by Gasteiger charge is -2.32. The number of aromatic amines is 1. The van der Waals surface area contributed by atoms with Crippen LogP contribution in [0, 0.1) is 6.92 Å². The second-order valence-corrected chi connectivity index (χ2v) is 7.54. The average Bonchev–Trinajstić information content (AvgIpc) is 3.10. The number of hydrogen-bond donors (Lipinski definition) is 1. The van der Waals surface area contributed by atoms with Crippen LogP contribution in [0.15, 0.2) is 34.9 Å². The number of piperazine rings is 1. The Kier molecular flexibility index (Phi) is 4.50. The summed E-state index contributed by atoms with van der Waals surface area (Å²) in [6.45, 7) is 5.42. The molecular weight excluding hydrogens is 394 g/mol. The third-order valence-corrected chi connectivity index (χ3v) is 5.71. The average molecular weight is 414 g/mol. The predicted octanol–water partition coefficient (Wildman–Crippen LogP) is 3.08. The number of pyridine rings is 1. The van der Waals surface area contributed by atoms with Crippen molar-refractivity contribution in [2.75, 3.05) is 33.2 Å². The van der Waals surface area contributed by atoms with Gasteiger partial charge in [-0.25, -0.2) is 9.97 Å². The van der Waals surface area contributed by atoms with Gasteiger partial charge in [-0.3, -0.25) is 4.79 Å². The van der Waals surface area contributed by atoms with Crippen LogP contribution in [-0.4, -0.2) is 63.9 Å². The number of aryl methyl sites for hydroxylation is 1. The molecule has 1 fully saturated rings. The van der Waals surface area contributed by atoms with E-state index in [1.807, 2.05) is 36.1 Å². The highest BCUT2D eigenvalue weighted by Gasteiger charge is 2.20. The number of carbonyl (C=O) groups is 1. The van der Waals surface area contributed by atoms with E-state index in [0.29, 0.717) is 11.2 Å². The minimum Gasteiger partial charge on any atom is -0.336 e. The molecule has 3 aromatic rings. The number of fused-ring (bicyclic) bond motifs is 1. The number of aromatic nitrogens is 3. The second-order valence-electron chi connectivity index (χ2n) is 6.69. The minimum absolute atomic E-state index is 0.0932. The molecule has 0 spiro atoms. The first-order valence-electron chi connectivity index (χ1n) is 8.62. The van der Waals surface area contributed by atoms with Gasteiger partial charge < -0.3 is 14.8 Å². The van der Waals surface area contributed by atoms with Gasteiger partial charge in [0.15, 0.2) is 5.65 Å². The topological polar surface area (TPSA) is 65.1 Å². The van der Waals surface area contributed by atoms with Crippen LogP contribution in [0.1, 0.15) is 15.9 Å².